The predicted octanol–water partition coefficient (Wildman–Crippen LogP) is 23.6. The van der Waals surface area contributed by atoms with Crippen molar-refractivity contribution in [2.24, 2.45) is 0 Å². The average molecular weight is 1270 g/mol. The molecular formula is C93H87BN4. The van der Waals surface area contributed by atoms with Gasteiger partial charge in [-0.25, -0.2) is 0 Å². The van der Waals surface area contributed by atoms with Crippen molar-refractivity contribution in [1.82, 2.24) is 4.57 Å². The minimum absolute atomic E-state index is 0.112. The van der Waals surface area contributed by atoms with Gasteiger partial charge in [0.1, 0.15) is 6.07 Å². The van der Waals surface area contributed by atoms with Crippen LogP contribution in [0.4, 0.5) is 34.1 Å². The Hall–Kier alpha value is -10.4. The van der Waals surface area contributed by atoms with Crippen LogP contribution in [0.3, 0.4) is 0 Å². The molecule has 15 rings (SSSR count). The number of rotatable bonds is 8. The Kier molecular flexibility index (Phi) is 15.2. The van der Waals surface area contributed by atoms with E-state index in [9.17, 15) is 5.26 Å². The largest absolute Gasteiger partial charge is 0.310 e. The second kappa shape index (κ2) is 23.4. The lowest BCUT2D eigenvalue weighted by atomic mass is 9.33. The van der Waals surface area contributed by atoms with Crippen molar-refractivity contribution in [3.63, 3.8) is 0 Å². The summed E-state index contributed by atoms with van der Waals surface area (Å²) < 4.78 is 2.42. The van der Waals surface area contributed by atoms with Crippen molar-refractivity contribution >= 4 is 79.0 Å². The highest BCUT2D eigenvalue weighted by Crippen LogP contribution is 2.56. The van der Waals surface area contributed by atoms with Gasteiger partial charge >= 0.3 is 0 Å². The van der Waals surface area contributed by atoms with E-state index >= 15 is 0 Å². The van der Waals surface area contributed by atoms with Crippen LogP contribution >= 0.6 is 0 Å². The summed E-state index contributed by atoms with van der Waals surface area (Å²) in [4.78, 5) is 5.38. The van der Waals surface area contributed by atoms with Gasteiger partial charge in [0, 0.05) is 61.5 Å². The van der Waals surface area contributed by atoms with E-state index in [-0.39, 0.29) is 33.8 Å². The summed E-state index contributed by atoms with van der Waals surface area (Å²) in [6.07, 6.45) is 0. The fourth-order valence-electron chi connectivity index (χ4n) is 15.2. The highest BCUT2D eigenvalue weighted by molar-refractivity contribution is 7.00. The molecule has 2 aliphatic heterocycles. The van der Waals surface area contributed by atoms with E-state index in [1.54, 1.807) is 0 Å². The van der Waals surface area contributed by atoms with Gasteiger partial charge in [-0.1, -0.05) is 274 Å². The van der Waals surface area contributed by atoms with Crippen molar-refractivity contribution in [3.8, 4) is 67.4 Å². The van der Waals surface area contributed by atoms with Crippen LogP contribution in [-0.4, -0.2) is 11.3 Å². The number of aromatic nitrogens is 1. The van der Waals surface area contributed by atoms with Crippen LogP contribution in [0.1, 0.15) is 137 Å². The van der Waals surface area contributed by atoms with E-state index < -0.39 is 0 Å². The standard InChI is InChI=1S/C93H87BN4/c1-89(2,3)66-42-45-80-76(49-66)77-54-67(90(4,5)6)47-65(58-95)86(77)96(80)71-43-46-81-79(57-71)94-78-44-41-64(59-31-21-16-22-32-59)48-82(78)98(88-74(62-37-27-19-28-38-62)52-69(92(10,11)12)53-75(88)63-39-29-20-30-40-63)84-56-70(93(13,14)15)55-83(85(84)94)97(81)87-72(60-33-23-17-24-34-60)50-68(91(7,8)9)51-73(87)61-35-25-18-26-36-61/h16-57H,1-15H3. The first kappa shape index (κ1) is 63.6. The minimum Gasteiger partial charge on any atom is -0.310 e. The lowest BCUT2D eigenvalue weighted by Gasteiger charge is -2.47. The molecule has 1 aromatic heterocycles. The molecule has 0 N–H and O–H groups in total. The number of nitriles is 1. The van der Waals surface area contributed by atoms with Crippen molar-refractivity contribution < 1.29 is 0 Å². The quantitative estimate of drug-likeness (QED) is 0.142. The first-order valence-electron chi connectivity index (χ1n) is 35.0. The smallest absolute Gasteiger partial charge is 0.252 e. The van der Waals surface area contributed by atoms with E-state index in [1.165, 1.54) is 38.6 Å². The zero-order chi connectivity index (χ0) is 68.5. The Morgan fingerprint density at radius 1 is 0.306 bits per heavy atom. The molecule has 4 nitrogen and oxygen atoms in total. The molecule has 13 aromatic rings. The molecule has 0 saturated carbocycles. The van der Waals surface area contributed by atoms with E-state index in [2.05, 4.69) is 379 Å². The molecule has 0 unspecified atom stereocenters. The van der Waals surface area contributed by atoms with Gasteiger partial charge in [0.15, 0.2) is 0 Å². The number of hydrogen-bond donors (Lipinski definition) is 0. The molecular weight excluding hydrogens is 1180 g/mol. The highest BCUT2D eigenvalue weighted by Gasteiger charge is 2.47. The fourth-order valence-corrected chi connectivity index (χ4v) is 15.2. The van der Waals surface area contributed by atoms with Gasteiger partial charge in [-0.15, -0.1) is 0 Å². The van der Waals surface area contributed by atoms with E-state index in [1.807, 2.05) is 0 Å². The third-order valence-corrected chi connectivity index (χ3v) is 20.7. The Labute approximate surface area is 581 Å². The lowest BCUT2D eigenvalue weighted by Crippen LogP contribution is -2.61. The predicted molar refractivity (Wildman–Crippen MR) is 420 cm³/mol. The normalized spacial score (nSPS) is 13.2. The van der Waals surface area contributed by atoms with E-state index in [0.717, 1.165) is 123 Å². The summed E-state index contributed by atoms with van der Waals surface area (Å²) in [5, 5.41) is 13.8. The van der Waals surface area contributed by atoms with Crippen molar-refractivity contribution in [3.05, 3.63) is 288 Å². The zero-order valence-corrected chi connectivity index (χ0v) is 59.6. The highest BCUT2D eigenvalue weighted by atomic mass is 15.2. The Bertz CT molecular complexity index is 5210. The minimum atomic E-state index is -0.315. The summed E-state index contributed by atoms with van der Waals surface area (Å²) in [5.41, 5.74) is 30.6. The van der Waals surface area contributed by atoms with Gasteiger partial charge in [0.25, 0.3) is 6.71 Å². The molecule has 0 spiro atoms. The summed E-state index contributed by atoms with van der Waals surface area (Å²) >= 11 is 0. The average Bonchev–Trinajstić information content (AvgIpc) is 0.721. The SMILES string of the molecule is CC(C)(C)c1cc(-c2ccccc2)c(N2c3ccc(-n4c5ccc(C(C)(C)C)cc5c5cc(C(C)(C)C)cc(C#N)c54)cc3B3c4ccc(-c5ccccc5)cc4N(c4c(-c5ccccc5)cc(C(C)(C)C)cc4-c4ccccc4)c4cc(C(C)(C)C)cc2c43)c(-c2ccccc2)c1. The Morgan fingerprint density at radius 3 is 1.13 bits per heavy atom. The van der Waals surface area contributed by atoms with Gasteiger partial charge in [-0.3, -0.25) is 0 Å². The second-order valence-electron chi connectivity index (χ2n) is 32.6. The van der Waals surface area contributed by atoms with Crippen LogP contribution in [0.25, 0.3) is 83.1 Å². The Balaban J connectivity index is 1.16. The molecule has 12 aromatic carbocycles. The second-order valence-corrected chi connectivity index (χ2v) is 32.6. The summed E-state index contributed by atoms with van der Waals surface area (Å²) in [6.45, 7) is 34.5. The summed E-state index contributed by atoms with van der Waals surface area (Å²) in [7, 11) is 0. The van der Waals surface area contributed by atoms with Crippen LogP contribution in [0.5, 0.6) is 0 Å². The molecule has 0 amide bonds. The van der Waals surface area contributed by atoms with Crippen LogP contribution in [0.2, 0.25) is 0 Å². The molecule has 98 heavy (non-hydrogen) atoms. The molecule has 2 aliphatic rings. The molecule has 0 radical (unpaired) electrons. The van der Waals surface area contributed by atoms with Gasteiger partial charge in [0.2, 0.25) is 0 Å². The van der Waals surface area contributed by atoms with Crippen molar-refractivity contribution in [1.29, 1.82) is 5.26 Å². The van der Waals surface area contributed by atoms with Gasteiger partial charge in [-0.2, -0.15) is 5.26 Å². The lowest BCUT2D eigenvalue weighted by molar-refractivity contribution is 0.590. The van der Waals surface area contributed by atoms with Gasteiger partial charge in [0.05, 0.1) is 28.0 Å². The maximum absolute atomic E-state index is 11.6. The van der Waals surface area contributed by atoms with Crippen LogP contribution in [-0.2, 0) is 27.1 Å². The summed E-state index contributed by atoms with van der Waals surface area (Å²) in [5.74, 6) is 0. The monoisotopic (exact) mass is 1270 g/mol. The van der Waals surface area contributed by atoms with E-state index in [4.69, 9.17) is 0 Å². The topological polar surface area (TPSA) is 35.2 Å². The zero-order valence-electron chi connectivity index (χ0n) is 59.6. The first-order chi connectivity index (χ1) is 46.7. The molecule has 0 saturated heterocycles. The molecule has 0 bridgehead atoms. The van der Waals surface area contributed by atoms with Crippen LogP contribution < -0.4 is 26.2 Å². The van der Waals surface area contributed by atoms with Crippen LogP contribution in [0.15, 0.2) is 255 Å². The number of anilines is 6. The summed E-state index contributed by atoms with van der Waals surface area (Å²) in [6, 6.07) is 99.3. The van der Waals surface area contributed by atoms with Gasteiger partial charge < -0.3 is 14.4 Å². The first-order valence-corrected chi connectivity index (χ1v) is 35.0. The molecule has 0 atom stereocenters. The number of fused-ring (bicyclic) bond motifs is 7. The van der Waals surface area contributed by atoms with Crippen LogP contribution in [0, 0.1) is 11.3 Å². The van der Waals surface area contributed by atoms with E-state index in [0.29, 0.717) is 5.56 Å². The third-order valence-electron chi connectivity index (χ3n) is 20.7. The molecule has 0 fully saturated rings. The fraction of sp³-hybridized carbons (Fsp3) is 0.215. The third kappa shape index (κ3) is 10.9. The molecule has 5 heteroatoms. The number of nitrogens with zero attached hydrogens (tertiary/aromatic N) is 4. The molecule has 482 valence electrons. The molecule has 0 aliphatic carbocycles. The maximum Gasteiger partial charge on any atom is 0.252 e. The Morgan fingerprint density at radius 2 is 0.704 bits per heavy atom. The number of hydrogen-bond acceptors (Lipinski definition) is 3. The van der Waals surface area contributed by atoms with Crippen molar-refractivity contribution in [2.75, 3.05) is 9.80 Å². The molecule has 3 heterocycles. The maximum atomic E-state index is 11.6. The van der Waals surface area contributed by atoms with Crippen molar-refractivity contribution in [2.45, 2.75) is 131 Å². The van der Waals surface area contributed by atoms with Gasteiger partial charge in [-0.05, 0) is 190 Å². The number of benzene rings is 12.